The van der Waals surface area contributed by atoms with Gasteiger partial charge in [0.25, 0.3) is 0 Å². The van der Waals surface area contributed by atoms with Crippen molar-refractivity contribution in [2.24, 2.45) is 0 Å². The van der Waals surface area contributed by atoms with Gasteiger partial charge in [-0.2, -0.15) is 13.9 Å². The number of hydrogen-bond acceptors (Lipinski definition) is 7. The van der Waals surface area contributed by atoms with E-state index in [4.69, 9.17) is 10.5 Å². The highest BCUT2D eigenvalue weighted by Gasteiger charge is 2.27. The summed E-state index contributed by atoms with van der Waals surface area (Å²) in [6.45, 7) is -1.52. The zero-order chi connectivity index (χ0) is 32.5. The number of ketones is 1. The predicted octanol–water partition coefficient (Wildman–Crippen LogP) is 6.69. The molecule has 0 bridgehead atoms. The first-order chi connectivity index (χ1) is 21.3. The van der Waals surface area contributed by atoms with Crippen molar-refractivity contribution in [2.75, 3.05) is 11.5 Å². The maximum Gasteiger partial charge on any atom is 0.387 e. The number of aryl methyl sites for hydroxylation is 1. The van der Waals surface area contributed by atoms with Gasteiger partial charge in [0.1, 0.15) is 17.3 Å². The number of carbonyl (C=O) groups excluding carboxylic acids is 1. The van der Waals surface area contributed by atoms with Crippen LogP contribution in [0.15, 0.2) is 66.4 Å². The third kappa shape index (κ3) is 7.17. The van der Waals surface area contributed by atoms with E-state index < -0.39 is 58.2 Å². The van der Waals surface area contributed by atoms with Gasteiger partial charge in [-0.15, -0.1) is 0 Å². The largest absolute Gasteiger partial charge is 0.454 e. The molecular formula is C31H26F5N3O5S. The number of hydrogen-bond donors (Lipinski definition) is 1. The molecule has 0 saturated carbocycles. The summed E-state index contributed by atoms with van der Waals surface area (Å²) in [7, 11) is -4.07. The molecule has 4 aromatic rings. The average Bonchev–Trinajstić information content (AvgIpc) is 3.56. The number of sulfone groups is 1. The Labute approximate surface area is 254 Å². The highest BCUT2D eigenvalue weighted by Crippen LogP contribution is 2.36. The molecule has 1 aliphatic carbocycles. The van der Waals surface area contributed by atoms with Crippen molar-refractivity contribution in [3.63, 3.8) is 0 Å². The van der Waals surface area contributed by atoms with Crippen LogP contribution >= 0.6 is 0 Å². The van der Waals surface area contributed by atoms with E-state index in [2.05, 4.69) is 9.84 Å². The van der Waals surface area contributed by atoms with Crippen molar-refractivity contribution in [3.05, 3.63) is 100 Å². The van der Waals surface area contributed by atoms with E-state index in [1.807, 2.05) is 0 Å². The zero-order valence-corrected chi connectivity index (χ0v) is 24.5. The highest BCUT2D eigenvalue weighted by atomic mass is 32.2. The Hall–Kier alpha value is -4.72. The highest BCUT2D eigenvalue weighted by molar-refractivity contribution is 7.90. The first-order valence-electron chi connectivity index (χ1n) is 13.5. The summed E-state index contributed by atoms with van der Waals surface area (Å²) in [4.78, 5) is 13.5. The van der Waals surface area contributed by atoms with E-state index in [0.717, 1.165) is 0 Å². The van der Waals surface area contributed by atoms with Crippen LogP contribution in [0.1, 0.15) is 39.0 Å². The van der Waals surface area contributed by atoms with Gasteiger partial charge in [0.2, 0.25) is 6.43 Å². The van der Waals surface area contributed by atoms with Crippen molar-refractivity contribution in [2.45, 2.75) is 38.6 Å². The number of para-hydroxylation sites is 1. The third-order valence-electron chi connectivity index (χ3n) is 7.08. The number of carbonyl (C=O) groups is 1. The summed E-state index contributed by atoms with van der Waals surface area (Å²) in [6, 6.07) is 13.4. The number of rotatable bonds is 12. The molecule has 0 unspecified atom stereocenters. The molecule has 0 aliphatic heterocycles. The van der Waals surface area contributed by atoms with Crippen LogP contribution in [0.2, 0.25) is 0 Å². The van der Waals surface area contributed by atoms with Crippen molar-refractivity contribution in [1.82, 2.24) is 9.78 Å². The monoisotopic (exact) mass is 647 g/mol. The van der Waals surface area contributed by atoms with E-state index in [1.165, 1.54) is 41.2 Å². The Bertz CT molecular complexity index is 1910. The maximum absolute atomic E-state index is 14.0. The second kappa shape index (κ2) is 12.7. The standard InChI is InChI=1S/C31H26F5N3O5S/c1-17-10-22(43-26-5-3-2-4-24(26)32)6-7-25(17)39-30(37)23(15-38-39)29(40)20-11-18-13-21(16-45(41,42)9-8-28(33)34)27(44-31(35)36)14-19(18)12-20/h2-7,10,12-15,28,31H,8-9,11,16,37H2,1H3. The van der Waals surface area contributed by atoms with Gasteiger partial charge in [-0.1, -0.05) is 18.2 Å². The summed E-state index contributed by atoms with van der Waals surface area (Å²) in [5.41, 5.74) is 8.52. The summed E-state index contributed by atoms with van der Waals surface area (Å²) in [5.74, 6) is -2.62. The molecule has 1 heterocycles. The smallest absolute Gasteiger partial charge is 0.387 e. The Morgan fingerprint density at radius 2 is 1.82 bits per heavy atom. The van der Waals surface area contributed by atoms with Crippen LogP contribution in [0.3, 0.4) is 0 Å². The molecule has 3 aromatic carbocycles. The Morgan fingerprint density at radius 1 is 1.07 bits per heavy atom. The fourth-order valence-corrected chi connectivity index (χ4v) is 6.33. The lowest BCUT2D eigenvalue weighted by molar-refractivity contribution is -0.0503. The lowest BCUT2D eigenvalue weighted by atomic mass is 10.0. The van der Waals surface area contributed by atoms with Gasteiger partial charge in [-0.3, -0.25) is 4.79 Å². The second-order valence-corrected chi connectivity index (χ2v) is 12.5. The Balaban J connectivity index is 1.37. The molecular weight excluding hydrogens is 621 g/mol. The van der Waals surface area contributed by atoms with Gasteiger partial charge in [0.05, 0.1) is 29.0 Å². The van der Waals surface area contributed by atoms with Gasteiger partial charge in [0.15, 0.2) is 27.2 Å². The summed E-state index contributed by atoms with van der Waals surface area (Å²) >= 11 is 0. The van der Waals surface area contributed by atoms with E-state index >= 15 is 0 Å². The van der Waals surface area contributed by atoms with Crippen LogP contribution in [0.5, 0.6) is 17.2 Å². The normalized spacial score (nSPS) is 12.8. The van der Waals surface area contributed by atoms with Crippen molar-refractivity contribution in [1.29, 1.82) is 0 Å². The molecule has 5 rings (SSSR count). The second-order valence-electron chi connectivity index (χ2n) is 10.3. The first-order valence-corrected chi connectivity index (χ1v) is 15.3. The number of nitrogens with two attached hydrogens (primary N) is 1. The van der Waals surface area contributed by atoms with Crippen LogP contribution in [-0.2, 0) is 22.0 Å². The predicted molar refractivity (Wildman–Crippen MR) is 156 cm³/mol. The molecule has 0 radical (unpaired) electrons. The summed E-state index contributed by atoms with van der Waals surface area (Å²) < 4.78 is 102. The van der Waals surface area contributed by atoms with Crippen LogP contribution in [0, 0.1) is 12.7 Å². The van der Waals surface area contributed by atoms with Crippen LogP contribution < -0.4 is 15.2 Å². The van der Waals surface area contributed by atoms with Gasteiger partial charge >= 0.3 is 6.61 Å². The summed E-state index contributed by atoms with van der Waals surface area (Å²) in [5, 5.41) is 4.27. The maximum atomic E-state index is 14.0. The van der Waals surface area contributed by atoms with Gasteiger partial charge in [-0.05, 0) is 66.1 Å². The van der Waals surface area contributed by atoms with Gasteiger partial charge in [-0.25, -0.2) is 26.3 Å². The summed E-state index contributed by atoms with van der Waals surface area (Å²) in [6.07, 6.45) is -0.953. The first kappa shape index (κ1) is 31.7. The number of alkyl halides is 4. The topological polar surface area (TPSA) is 114 Å². The molecule has 0 atom stereocenters. The van der Waals surface area contributed by atoms with Crippen molar-refractivity contribution in [3.8, 4) is 22.9 Å². The Morgan fingerprint density at radius 3 is 2.51 bits per heavy atom. The number of nitrogen functional groups attached to an aromatic ring is 1. The fourth-order valence-electron chi connectivity index (χ4n) is 4.95. The number of Topliss-reactive ketones (excluding diaryl/α,β-unsaturated/α-hetero) is 1. The number of aromatic nitrogens is 2. The minimum absolute atomic E-state index is 0.0234. The molecule has 0 fully saturated rings. The number of ether oxygens (including phenoxy) is 2. The molecule has 8 nitrogen and oxygen atoms in total. The number of fused-ring (bicyclic) bond motifs is 1. The SMILES string of the molecule is Cc1cc(Oc2ccccc2F)ccc1-n1ncc(C(=O)C2=Cc3cc(OC(F)F)c(CS(=O)(=O)CCC(F)F)cc3C2)c1N. The molecule has 236 valence electrons. The van der Waals surface area contributed by atoms with Crippen LogP contribution in [0.25, 0.3) is 11.8 Å². The molecule has 45 heavy (non-hydrogen) atoms. The van der Waals surface area contributed by atoms with Gasteiger partial charge < -0.3 is 15.2 Å². The quantitative estimate of drug-likeness (QED) is 0.135. The number of allylic oxidation sites excluding steroid dienone is 1. The lowest BCUT2D eigenvalue weighted by Gasteiger charge is -2.14. The number of nitrogens with zero attached hydrogens (tertiary/aromatic N) is 2. The van der Waals surface area contributed by atoms with E-state index in [0.29, 0.717) is 28.1 Å². The average molecular weight is 648 g/mol. The number of benzene rings is 3. The minimum Gasteiger partial charge on any atom is -0.454 e. The number of halogens is 5. The lowest BCUT2D eigenvalue weighted by Crippen LogP contribution is -2.14. The van der Waals surface area contributed by atoms with Crippen LogP contribution in [0.4, 0.5) is 27.8 Å². The molecule has 0 spiro atoms. The fraction of sp³-hybridized carbons (Fsp3) is 0.226. The van der Waals surface area contributed by atoms with Gasteiger partial charge in [0, 0.05) is 24.0 Å². The zero-order valence-electron chi connectivity index (χ0n) is 23.6. The molecule has 14 heteroatoms. The van der Waals surface area contributed by atoms with Crippen molar-refractivity contribution < 1.29 is 44.6 Å². The molecule has 0 saturated heterocycles. The van der Waals surface area contributed by atoms with E-state index in [9.17, 15) is 35.2 Å². The van der Waals surface area contributed by atoms with Crippen LogP contribution in [-0.4, -0.2) is 42.8 Å². The number of anilines is 1. The third-order valence-corrected chi connectivity index (χ3v) is 8.68. The van der Waals surface area contributed by atoms with E-state index in [1.54, 1.807) is 37.3 Å². The molecule has 0 amide bonds. The van der Waals surface area contributed by atoms with E-state index in [-0.39, 0.29) is 34.7 Å². The molecule has 1 aromatic heterocycles. The Kier molecular flexibility index (Phi) is 8.96. The molecule has 2 N–H and O–H groups in total. The van der Waals surface area contributed by atoms with Crippen molar-refractivity contribution >= 4 is 27.5 Å². The minimum atomic E-state index is -4.07. The molecule has 1 aliphatic rings.